The summed E-state index contributed by atoms with van der Waals surface area (Å²) in [5.41, 5.74) is 0. The first-order valence-electron chi connectivity index (χ1n) is 2.83. The summed E-state index contributed by atoms with van der Waals surface area (Å²) >= 11 is 2.06. The maximum absolute atomic E-state index is 2.37. The zero-order valence-corrected chi connectivity index (χ0v) is 15.7. The maximum atomic E-state index is 2.37. The number of rotatable bonds is 0. The van der Waals surface area contributed by atoms with Crippen LogP contribution in [0.3, 0.4) is 0 Å². The van der Waals surface area contributed by atoms with E-state index in [4.69, 9.17) is 0 Å². The van der Waals surface area contributed by atoms with E-state index >= 15 is 0 Å². The molecule has 0 aromatic heterocycles. The Kier molecular flexibility index (Phi) is 24.4. The smallest absolute Gasteiger partial charge is 0 e. The van der Waals surface area contributed by atoms with Gasteiger partial charge in [0.15, 0.2) is 0 Å². The predicted molar refractivity (Wildman–Crippen MR) is 35.5 cm³/mol. The zero-order valence-electron chi connectivity index (χ0n) is 6.42. The molecule has 0 amide bonds. The Morgan fingerprint density at radius 1 is 1.30 bits per heavy atom. The maximum Gasteiger partial charge on any atom is 0 e. The van der Waals surface area contributed by atoms with Gasteiger partial charge in [-0.3, -0.25) is 0 Å². The molecule has 51 valence electrons. The van der Waals surface area contributed by atoms with Crippen molar-refractivity contribution in [1.29, 1.82) is 0 Å². The summed E-state index contributed by atoms with van der Waals surface area (Å²) in [7, 11) is 0. The van der Waals surface area contributed by atoms with E-state index < -0.39 is 0 Å². The topological polar surface area (TPSA) is 0 Å². The Hall–Kier alpha value is 3.66. The molecule has 0 aromatic rings. The van der Waals surface area contributed by atoms with Crippen LogP contribution >= 0.6 is 11.8 Å². The fourth-order valence-electron chi connectivity index (χ4n) is 0.752. The molecule has 1 rings (SSSR count). The fourth-order valence-corrected chi connectivity index (χ4v) is 1.69. The van der Waals surface area contributed by atoms with Gasteiger partial charge in [-0.2, -0.15) is 18.2 Å². The molecule has 1 fully saturated rings. The summed E-state index contributed by atoms with van der Waals surface area (Å²) < 4.78 is 0. The van der Waals surface area contributed by atoms with E-state index in [0.29, 0.717) is 0 Å². The second-order valence-electron chi connectivity index (χ2n) is 2.01. The van der Waals surface area contributed by atoms with Crippen LogP contribution in [0.5, 0.6) is 0 Å². The summed E-state index contributed by atoms with van der Waals surface area (Å²) in [4.78, 5) is 0. The molecule has 0 aromatic carbocycles. The molecule has 1 aliphatic heterocycles. The van der Waals surface area contributed by atoms with Gasteiger partial charge in [-0.1, -0.05) is 13.3 Å². The van der Waals surface area contributed by atoms with Gasteiger partial charge >= 0.3 is 0 Å². The molecule has 0 bridgehead atoms. The van der Waals surface area contributed by atoms with Crippen LogP contribution in [0.2, 0.25) is 0 Å². The molecule has 3 radical (unpaired) electrons. The van der Waals surface area contributed by atoms with Crippen molar-refractivity contribution in [3.63, 3.8) is 0 Å². The second-order valence-corrected chi connectivity index (χ2v) is 3.48. The van der Waals surface area contributed by atoms with Crippen molar-refractivity contribution >= 4 is 11.8 Å². The van der Waals surface area contributed by atoms with E-state index in [9.17, 15) is 0 Å². The molecule has 10 heavy (non-hydrogen) atoms. The summed E-state index contributed by atoms with van der Waals surface area (Å²) in [6.45, 7) is 2.30. The number of hydrogen-bond donors (Lipinski definition) is 0. The Morgan fingerprint density at radius 2 is 1.90 bits per heavy atom. The second kappa shape index (κ2) is 12.7. The van der Waals surface area contributed by atoms with Gasteiger partial charge in [0.25, 0.3) is 0 Å². The fraction of sp³-hybridized carbons (Fsp3) is 0.833. The SMILES string of the molecule is CC1CC[CH-]CS1.[Y].[Y].[Y]. The molecule has 0 saturated carbocycles. The first-order valence-corrected chi connectivity index (χ1v) is 3.88. The molecule has 1 aliphatic rings. The van der Waals surface area contributed by atoms with Crippen LogP contribution < -0.4 is 0 Å². The van der Waals surface area contributed by atoms with Gasteiger partial charge in [0, 0.05) is 98.1 Å². The van der Waals surface area contributed by atoms with E-state index in [1.165, 1.54) is 18.6 Å². The van der Waals surface area contributed by atoms with E-state index in [-0.39, 0.29) is 98.1 Å². The molecule has 0 aliphatic carbocycles. The Morgan fingerprint density at radius 3 is 2.10 bits per heavy atom. The van der Waals surface area contributed by atoms with Crippen LogP contribution in [-0.2, 0) is 98.1 Å². The van der Waals surface area contributed by atoms with Crippen LogP contribution in [0.4, 0.5) is 0 Å². The predicted octanol–water partition coefficient (Wildman–Crippen LogP) is 2.10. The Balaban J connectivity index is -0.000000163. The summed E-state index contributed by atoms with van der Waals surface area (Å²) in [6, 6.07) is 0. The van der Waals surface area contributed by atoms with Crippen LogP contribution in [0.15, 0.2) is 0 Å². The van der Waals surface area contributed by atoms with Gasteiger partial charge in [0.1, 0.15) is 0 Å². The molecule has 0 spiro atoms. The normalized spacial score (nSPS) is 23.1. The van der Waals surface area contributed by atoms with Crippen molar-refractivity contribution in [3.05, 3.63) is 6.42 Å². The van der Waals surface area contributed by atoms with E-state index in [1.807, 2.05) is 0 Å². The minimum absolute atomic E-state index is 0. The minimum atomic E-state index is 0. The molecule has 1 saturated heterocycles. The Bertz CT molecular complexity index is 55.0. The van der Waals surface area contributed by atoms with E-state index in [2.05, 4.69) is 25.1 Å². The average Bonchev–Trinajstić information content (AvgIpc) is 1.69. The molecular weight excluding hydrogens is 371 g/mol. The molecular formula is C6H11SY3-. The Labute approximate surface area is 144 Å². The van der Waals surface area contributed by atoms with Crippen molar-refractivity contribution in [3.8, 4) is 0 Å². The minimum Gasteiger partial charge on any atom is -0.319 e. The zero-order chi connectivity index (χ0) is 5.11. The van der Waals surface area contributed by atoms with E-state index in [1.54, 1.807) is 0 Å². The van der Waals surface area contributed by atoms with Crippen molar-refractivity contribution in [2.24, 2.45) is 0 Å². The summed E-state index contributed by atoms with van der Waals surface area (Å²) in [5.74, 6) is 1.28. The first-order chi connectivity index (χ1) is 3.39. The van der Waals surface area contributed by atoms with Gasteiger partial charge in [-0.15, -0.1) is 5.75 Å². The van der Waals surface area contributed by atoms with Crippen LogP contribution in [0, 0.1) is 6.42 Å². The monoisotopic (exact) mass is 382 g/mol. The van der Waals surface area contributed by atoms with Crippen molar-refractivity contribution in [2.45, 2.75) is 25.0 Å². The third-order valence-corrected chi connectivity index (χ3v) is 2.51. The van der Waals surface area contributed by atoms with E-state index in [0.717, 1.165) is 5.25 Å². The molecule has 1 heterocycles. The molecule has 1 unspecified atom stereocenters. The molecule has 4 heteroatoms. The summed E-state index contributed by atoms with van der Waals surface area (Å²) in [6.07, 6.45) is 5.10. The van der Waals surface area contributed by atoms with Gasteiger partial charge in [0.2, 0.25) is 0 Å². The molecule has 1 atom stereocenters. The number of thioether (sulfide) groups is 1. The van der Waals surface area contributed by atoms with Gasteiger partial charge in [-0.05, 0) is 5.25 Å². The quantitative estimate of drug-likeness (QED) is 0.579. The van der Waals surface area contributed by atoms with Crippen molar-refractivity contribution < 1.29 is 98.1 Å². The van der Waals surface area contributed by atoms with Gasteiger partial charge in [-0.25, -0.2) is 0 Å². The third-order valence-electron chi connectivity index (χ3n) is 1.28. The standard InChI is InChI=1S/C6H11S.3Y/c1-6-4-2-3-5-7-6;;;/h3,6H,2,4-5H2,1H3;;;/q-1;;;. The molecule has 0 N–H and O–H groups in total. The van der Waals surface area contributed by atoms with Crippen LogP contribution in [0.1, 0.15) is 19.8 Å². The first kappa shape index (κ1) is 19.3. The van der Waals surface area contributed by atoms with Crippen molar-refractivity contribution in [1.82, 2.24) is 0 Å². The number of hydrogen-bond acceptors (Lipinski definition) is 1. The largest absolute Gasteiger partial charge is 0.319 e. The summed E-state index contributed by atoms with van der Waals surface area (Å²) in [5, 5.41) is 0.921. The molecule has 0 nitrogen and oxygen atoms in total. The third kappa shape index (κ3) is 9.75. The average molecular weight is 382 g/mol. The van der Waals surface area contributed by atoms with Crippen LogP contribution in [0.25, 0.3) is 0 Å². The van der Waals surface area contributed by atoms with Crippen molar-refractivity contribution in [2.75, 3.05) is 5.75 Å². The van der Waals surface area contributed by atoms with Gasteiger partial charge < -0.3 is 6.42 Å². The van der Waals surface area contributed by atoms with Gasteiger partial charge in [0.05, 0.1) is 0 Å². The van der Waals surface area contributed by atoms with Crippen LogP contribution in [-0.4, -0.2) is 11.0 Å².